The summed E-state index contributed by atoms with van der Waals surface area (Å²) < 4.78 is 0. The lowest BCUT2D eigenvalue weighted by Crippen LogP contribution is -2.36. The summed E-state index contributed by atoms with van der Waals surface area (Å²) in [4.78, 5) is 20.8. The van der Waals surface area contributed by atoms with Crippen LogP contribution in [-0.4, -0.2) is 70.1 Å². The molecule has 0 atom stereocenters. The van der Waals surface area contributed by atoms with E-state index >= 15 is 0 Å². The molecule has 1 aliphatic rings. The molecule has 0 unspecified atom stereocenters. The molecule has 0 bridgehead atoms. The van der Waals surface area contributed by atoms with E-state index in [1.165, 1.54) is 6.20 Å². The van der Waals surface area contributed by atoms with Gasteiger partial charge in [-0.15, -0.1) is 0 Å². The van der Waals surface area contributed by atoms with Crippen LogP contribution in [0.15, 0.2) is 18.3 Å². The third-order valence-corrected chi connectivity index (χ3v) is 3.79. The number of hydrogen-bond donors (Lipinski definition) is 2. The zero-order valence-corrected chi connectivity index (χ0v) is 12.7. The molecule has 21 heavy (non-hydrogen) atoms. The van der Waals surface area contributed by atoms with E-state index in [0.717, 1.165) is 19.5 Å². The Bertz CT molecular complexity index is 506. The second kappa shape index (κ2) is 7.44. The van der Waals surface area contributed by atoms with Crippen LogP contribution in [0.4, 0.5) is 0 Å². The first-order chi connectivity index (χ1) is 10.1. The lowest BCUT2D eigenvalue weighted by atomic mass is 10.2. The first-order valence-corrected chi connectivity index (χ1v) is 7.41. The average Bonchev–Trinajstić information content (AvgIpc) is 2.73. The number of nitrogens with two attached hydrogens (primary N) is 1. The second-order valence-corrected chi connectivity index (χ2v) is 5.45. The summed E-state index contributed by atoms with van der Waals surface area (Å²) >= 11 is 4.87. The summed E-state index contributed by atoms with van der Waals surface area (Å²) in [5.74, 6) is -0.0738. The van der Waals surface area contributed by atoms with Crippen LogP contribution in [0.5, 0.6) is 0 Å². The van der Waals surface area contributed by atoms with Gasteiger partial charge in [-0.2, -0.15) is 0 Å². The fourth-order valence-electron chi connectivity index (χ4n) is 2.37. The molecule has 2 heterocycles. The van der Waals surface area contributed by atoms with E-state index in [0.29, 0.717) is 30.9 Å². The van der Waals surface area contributed by atoms with E-state index < -0.39 is 0 Å². The summed E-state index contributed by atoms with van der Waals surface area (Å²) in [6.45, 7) is 3.84. The topological polar surface area (TPSA) is 82.7 Å². The molecule has 1 fully saturated rings. The quantitative estimate of drug-likeness (QED) is 0.753. The lowest BCUT2D eigenvalue weighted by molar-refractivity contribution is 0.0754. The van der Waals surface area contributed by atoms with Crippen molar-refractivity contribution < 1.29 is 9.90 Å². The number of hydrogen-bond acceptors (Lipinski definition) is 5. The Morgan fingerprint density at radius 3 is 2.76 bits per heavy atom. The molecule has 0 spiro atoms. The molecule has 3 N–H and O–H groups in total. The minimum atomic E-state index is -0.0738. The zero-order valence-electron chi connectivity index (χ0n) is 11.9. The van der Waals surface area contributed by atoms with Gasteiger partial charge >= 0.3 is 0 Å². The van der Waals surface area contributed by atoms with Gasteiger partial charge in [0.15, 0.2) is 0 Å². The minimum absolute atomic E-state index is 0.0738. The van der Waals surface area contributed by atoms with Crippen molar-refractivity contribution in [3.8, 4) is 0 Å². The normalized spacial score (nSPS) is 16.5. The highest BCUT2D eigenvalue weighted by Crippen LogP contribution is 2.08. The maximum absolute atomic E-state index is 12.4. The summed E-state index contributed by atoms with van der Waals surface area (Å²) in [6, 6.07) is 3.38. The van der Waals surface area contributed by atoms with Crippen LogP contribution in [0.2, 0.25) is 0 Å². The standard InChI is InChI=1S/C14H20N4O2S/c15-13(21)11-2-3-12(16-10-11)14(20)18-5-1-4-17(6-7-18)8-9-19/h2-3,10,19H,1,4-9H2,(H2,15,21). The Hall–Kier alpha value is -1.57. The summed E-state index contributed by atoms with van der Waals surface area (Å²) in [6.07, 6.45) is 2.43. The van der Waals surface area contributed by atoms with Gasteiger partial charge in [-0.05, 0) is 25.1 Å². The Morgan fingerprint density at radius 2 is 2.14 bits per heavy atom. The lowest BCUT2D eigenvalue weighted by Gasteiger charge is -2.21. The van der Waals surface area contributed by atoms with Crippen LogP contribution in [0, 0.1) is 0 Å². The van der Waals surface area contributed by atoms with E-state index in [9.17, 15) is 4.79 Å². The van der Waals surface area contributed by atoms with Crippen LogP contribution in [0.1, 0.15) is 22.5 Å². The monoisotopic (exact) mass is 308 g/mol. The van der Waals surface area contributed by atoms with Gasteiger partial charge in [0.2, 0.25) is 0 Å². The minimum Gasteiger partial charge on any atom is -0.395 e. The van der Waals surface area contributed by atoms with Crippen molar-refractivity contribution in [3.05, 3.63) is 29.6 Å². The number of nitrogens with zero attached hydrogens (tertiary/aromatic N) is 3. The first-order valence-electron chi connectivity index (χ1n) is 7.00. The number of β-amino-alcohol motifs (C(OH)–C–C–N with tert-alkyl or cyclic N) is 1. The number of carbonyl (C=O) groups is 1. The van der Waals surface area contributed by atoms with E-state index in [1.54, 1.807) is 17.0 Å². The number of rotatable bonds is 4. The number of thiocarbonyl (C=S) groups is 1. The van der Waals surface area contributed by atoms with Crippen LogP contribution in [0.3, 0.4) is 0 Å². The number of pyridine rings is 1. The van der Waals surface area contributed by atoms with Gasteiger partial charge in [-0.1, -0.05) is 12.2 Å². The van der Waals surface area contributed by atoms with E-state index in [4.69, 9.17) is 23.1 Å². The highest BCUT2D eigenvalue weighted by Gasteiger charge is 2.20. The molecule has 114 valence electrons. The summed E-state index contributed by atoms with van der Waals surface area (Å²) in [5, 5.41) is 8.98. The highest BCUT2D eigenvalue weighted by atomic mass is 32.1. The molecule has 1 aliphatic heterocycles. The van der Waals surface area contributed by atoms with Crippen LogP contribution in [-0.2, 0) is 0 Å². The molecular weight excluding hydrogens is 288 g/mol. The number of aliphatic hydroxyl groups excluding tert-OH is 1. The Balaban J connectivity index is 2.00. The molecule has 0 radical (unpaired) electrons. The van der Waals surface area contributed by atoms with Crippen molar-refractivity contribution >= 4 is 23.1 Å². The van der Waals surface area contributed by atoms with Gasteiger partial charge in [0.05, 0.1) is 6.61 Å². The molecule has 7 heteroatoms. The van der Waals surface area contributed by atoms with Crippen LogP contribution < -0.4 is 5.73 Å². The molecule has 1 aromatic heterocycles. The Kier molecular flexibility index (Phi) is 5.60. The average molecular weight is 308 g/mol. The van der Waals surface area contributed by atoms with Crippen LogP contribution in [0.25, 0.3) is 0 Å². The predicted molar refractivity (Wildman–Crippen MR) is 84.2 cm³/mol. The maximum Gasteiger partial charge on any atom is 0.272 e. The van der Waals surface area contributed by atoms with Crippen molar-refractivity contribution in [2.75, 3.05) is 39.3 Å². The Labute approximate surface area is 129 Å². The van der Waals surface area contributed by atoms with E-state index in [-0.39, 0.29) is 17.5 Å². The van der Waals surface area contributed by atoms with Crippen molar-refractivity contribution in [3.63, 3.8) is 0 Å². The zero-order chi connectivity index (χ0) is 15.2. The van der Waals surface area contributed by atoms with Crippen molar-refractivity contribution in [1.29, 1.82) is 0 Å². The van der Waals surface area contributed by atoms with Gasteiger partial charge in [0.1, 0.15) is 10.7 Å². The van der Waals surface area contributed by atoms with Crippen molar-refractivity contribution in [2.45, 2.75) is 6.42 Å². The molecule has 6 nitrogen and oxygen atoms in total. The smallest absolute Gasteiger partial charge is 0.272 e. The predicted octanol–water partition coefficient (Wildman–Crippen LogP) is -0.144. The molecule has 2 rings (SSSR count). The number of carbonyl (C=O) groups excluding carboxylic acids is 1. The fourth-order valence-corrected chi connectivity index (χ4v) is 2.49. The molecule has 0 saturated carbocycles. The summed E-state index contributed by atoms with van der Waals surface area (Å²) in [7, 11) is 0. The van der Waals surface area contributed by atoms with Gasteiger partial charge in [-0.25, -0.2) is 0 Å². The molecule has 1 aromatic rings. The highest BCUT2D eigenvalue weighted by molar-refractivity contribution is 7.80. The number of aromatic nitrogens is 1. The molecule has 0 aliphatic carbocycles. The van der Waals surface area contributed by atoms with E-state index in [1.807, 2.05) is 0 Å². The van der Waals surface area contributed by atoms with Gasteiger partial charge < -0.3 is 15.7 Å². The molecule has 1 saturated heterocycles. The molecular formula is C14H20N4O2S. The van der Waals surface area contributed by atoms with Crippen LogP contribution >= 0.6 is 12.2 Å². The maximum atomic E-state index is 12.4. The second-order valence-electron chi connectivity index (χ2n) is 5.01. The summed E-state index contributed by atoms with van der Waals surface area (Å²) in [5.41, 5.74) is 6.58. The largest absolute Gasteiger partial charge is 0.395 e. The third kappa shape index (κ3) is 4.20. The number of aliphatic hydroxyl groups is 1. The van der Waals surface area contributed by atoms with Crippen molar-refractivity contribution in [1.82, 2.24) is 14.8 Å². The van der Waals surface area contributed by atoms with Crippen molar-refractivity contribution in [2.24, 2.45) is 5.73 Å². The Morgan fingerprint density at radius 1 is 1.33 bits per heavy atom. The van der Waals surface area contributed by atoms with Gasteiger partial charge in [0.25, 0.3) is 5.91 Å². The van der Waals surface area contributed by atoms with Gasteiger partial charge in [-0.3, -0.25) is 14.7 Å². The first kappa shape index (κ1) is 15.8. The molecule has 0 aromatic carbocycles. The fraction of sp³-hybridized carbons (Fsp3) is 0.500. The SMILES string of the molecule is NC(=S)c1ccc(C(=O)N2CCCN(CCO)CC2)nc1. The molecule has 1 amide bonds. The van der Waals surface area contributed by atoms with E-state index in [2.05, 4.69) is 9.88 Å². The van der Waals surface area contributed by atoms with Gasteiger partial charge in [0, 0.05) is 37.9 Å². The third-order valence-electron chi connectivity index (χ3n) is 3.56. The number of amides is 1.